The lowest BCUT2D eigenvalue weighted by Crippen LogP contribution is -2.24. The first-order valence-electron chi connectivity index (χ1n) is 8.05. The topological polar surface area (TPSA) is 113 Å². The summed E-state index contributed by atoms with van der Waals surface area (Å²) in [6.07, 6.45) is 1.16. The second-order valence-electron chi connectivity index (χ2n) is 5.93. The van der Waals surface area contributed by atoms with Gasteiger partial charge in [0.15, 0.2) is 9.84 Å². The summed E-state index contributed by atoms with van der Waals surface area (Å²) in [6.45, 7) is 0. The van der Waals surface area contributed by atoms with Crippen LogP contribution in [0.5, 0.6) is 0 Å². The lowest BCUT2D eigenvalue weighted by atomic mass is 10.2. The van der Waals surface area contributed by atoms with Crippen molar-refractivity contribution >= 4 is 21.4 Å². The van der Waals surface area contributed by atoms with E-state index in [4.69, 9.17) is 9.68 Å². The van der Waals surface area contributed by atoms with Gasteiger partial charge in [0, 0.05) is 11.3 Å². The van der Waals surface area contributed by atoms with Crippen LogP contribution in [0.1, 0.15) is 11.3 Å². The second kappa shape index (κ2) is 8.02. The highest BCUT2D eigenvalue weighted by atomic mass is 32.2. The van der Waals surface area contributed by atoms with Crippen LogP contribution < -0.4 is 5.32 Å². The van der Waals surface area contributed by atoms with Gasteiger partial charge in [-0.25, -0.2) is 17.8 Å². The van der Waals surface area contributed by atoms with E-state index in [0.29, 0.717) is 16.8 Å². The van der Waals surface area contributed by atoms with Crippen LogP contribution >= 0.6 is 0 Å². The zero-order valence-electron chi connectivity index (χ0n) is 14.4. The molecule has 3 aromatic rings. The Bertz CT molecular complexity index is 1170. The van der Waals surface area contributed by atoms with E-state index in [1.54, 1.807) is 24.3 Å². The molecule has 2 aromatic carbocycles. The molecule has 0 saturated heterocycles. The minimum atomic E-state index is -3.82. The number of halogens is 1. The van der Waals surface area contributed by atoms with Gasteiger partial charge in [0.25, 0.3) is 0 Å². The molecule has 0 spiro atoms. The van der Waals surface area contributed by atoms with E-state index in [0.717, 1.165) is 6.26 Å². The second-order valence-corrected chi connectivity index (χ2v) is 7.99. The largest absolute Gasteiger partial charge is 0.444 e. The molecular weight excluding hydrogens is 385 g/mol. The summed E-state index contributed by atoms with van der Waals surface area (Å²) in [4.78, 5) is 16.1. The molecule has 0 aliphatic carbocycles. The van der Waals surface area contributed by atoms with Crippen molar-refractivity contribution in [3.63, 3.8) is 0 Å². The summed E-state index contributed by atoms with van der Waals surface area (Å²) in [5, 5.41) is 11.3. The Kier molecular flexibility index (Phi) is 5.52. The molecule has 1 amide bonds. The monoisotopic (exact) mass is 399 g/mol. The molecule has 3 rings (SSSR count). The molecule has 7 nitrogen and oxygen atoms in total. The SMILES string of the molecule is N#Cc1cccc(NC(=O)CS(=O)(=O)Cc2coc(-c3cccc(F)c3)n2)c1. The molecule has 0 aliphatic heterocycles. The third-order valence-electron chi connectivity index (χ3n) is 3.62. The number of nitriles is 1. The van der Waals surface area contributed by atoms with Crippen LogP contribution in [0, 0.1) is 17.1 Å². The normalized spacial score (nSPS) is 11.0. The minimum absolute atomic E-state index is 0.0856. The summed E-state index contributed by atoms with van der Waals surface area (Å²) < 4.78 is 43.0. The van der Waals surface area contributed by atoms with E-state index >= 15 is 0 Å². The molecule has 0 fully saturated rings. The quantitative estimate of drug-likeness (QED) is 0.682. The predicted molar refractivity (Wildman–Crippen MR) is 99.2 cm³/mol. The molecule has 1 N–H and O–H groups in total. The maximum absolute atomic E-state index is 13.3. The third-order valence-corrected chi connectivity index (χ3v) is 5.06. The number of benzene rings is 2. The van der Waals surface area contributed by atoms with Gasteiger partial charge in [-0.1, -0.05) is 12.1 Å². The smallest absolute Gasteiger partial charge is 0.239 e. The van der Waals surface area contributed by atoms with Crippen LogP contribution in [0.3, 0.4) is 0 Å². The number of oxazole rings is 1. The zero-order chi connectivity index (χ0) is 20.1. The van der Waals surface area contributed by atoms with E-state index in [9.17, 15) is 17.6 Å². The number of sulfone groups is 1. The van der Waals surface area contributed by atoms with Crippen molar-refractivity contribution in [3.8, 4) is 17.5 Å². The number of anilines is 1. The number of aromatic nitrogens is 1. The fourth-order valence-electron chi connectivity index (χ4n) is 2.47. The van der Waals surface area contributed by atoms with Crippen molar-refractivity contribution in [1.29, 1.82) is 5.26 Å². The molecule has 9 heteroatoms. The lowest BCUT2D eigenvalue weighted by Gasteiger charge is -2.05. The lowest BCUT2D eigenvalue weighted by molar-refractivity contribution is -0.113. The van der Waals surface area contributed by atoms with Gasteiger partial charge >= 0.3 is 0 Å². The summed E-state index contributed by atoms with van der Waals surface area (Å²) in [5.74, 6) is -2.38. The number of carbonyl (C=O) groups excluding carboxylic acids is 1. The number of hydrogen-bond donors (Lipinski definition) is 1. The maximum Gasteiger partial charge on any atom is 0.239 e. The van der Waals surface area contributed by atoms with Crippen molar-refractivity contribution in [3.05, 3.63) is 71.9 Å². The molecule has 1 heterocycles. The van der Waals surface area contributed by atoms with E-state index in [1.165, 1.54) is 24.3 Å². The van der Waals surface area contributed by atoms with Crippen LogP contribution in [0.4, 0.5) is 10.1 Å². The standard InChI is InChI=1S/C19H14FN3O4S/c20-15-5-2-4-14(8-15)19-23-17(10-27-19)11-28(25,26)12-18(24)22-16-6-1-3-13(7-16)9-21/h1-8,10H,11-12H2,(H,22,24). The van der Waals surface area contributed by atoms with Gasteiger partial charge in [0.1, 0.15) is 17.8 Å². The summed E-state index contributed by atoms with van der Waals surface area (Å²) >= 11 is 0. The number of rotatable bonds is 6. The van der Waals surface area contributed by atoms with Crippen LogP contribution in [-0.4, -0.2) is 25.1 Å². The number of nitrogens with one attached hydrogen (secondary N) is 1. The molecule has 0 atom stereocenters. The summed E-state index contributed by atoms with van der Waals surface area (Å²) in [5.41, 5.74) is 1.15. The first-order valence-corrected chi connectivity index (χ1v) is 9.87. The van der Waals surface area contributed by atoms with E-state index in [1.807, 2.05) is 6.07 Å². The number of amides is 1. The molecular formula is C19H14FN3O4S. The van der Waals surface area contributed by atoms with Gasteiger partial charge in [-0.3, -0.25) is 4.79 Å². The highest BCUT2D eigenvalue weighted by Crippen LogP contribution is 2.20. The van der Waals surface area contributed by atoms with Gasteiger partial charge in [0.05, 0.1) is 23.1 Å². The highest BCUT2D eigenvalue weighted by Gasteiger charge is 2.20. The van der Waals surface area contributed by atoms with Crippen molar-refractivity contribution in [1.82, 2.24) is 4.98 Å². The molecule has 142 valence electrons. The van der Waals surface area contributed by atoms with Crippen LogP contribution in [-0.2, 0) is 20.4 Å². The van der Waals surface area contributed by atoms with Crippen molar-refractivity contribution < 1.29 is 22.0 Å². The third kappa shape index (κ3) is 5.02. The molecule has 28 heavy (non-hydrogen) atoms. The molecule has 0 aliphatic rings. The molecule has 0 bridgehead atoms. The fourth-order valence-corrected chi connectivity index (χ4v) is 3.62. The number of hydrogen-bond acceptors (Lipinski definition) is 6. The minimum Gasteiger partial charge on any atom is -0.444 e. The van der Waals surface area contributed by atoms with E-state index in [2.05, 4.69) is 10.3 Å². The molecule has 0 radical (unpaired) electrons. The average molecular weight is 399 g/mol. The first kappa shape index (κ1) is 19.3. The van der Waals surface area contributed by atoms with Crippen molar-refractivity contribution in [2.75, 3.05) is 11.1 Å². The summed E-state index contributed by atoms with van der Waals surface area (Å²) in [7, 11) is -3.82. The van der Waals surface area contributed by atoms with E-state index < -0.39 is 33.1 Å². The average Bonchev–Trinajstić information content (AvgIpc) is 3.09. The van der Waals surface area contributed by atoms with Crippen molar-refractivity contribution in [2.24, 2.45) is 0 Å². The van der Waals surface area contributed by atoms with Crippen LogP contribution in [0.15, 0.2) is 59.2 Å². The Labute approximate surface area is 160 Å². The van der Waals surface area contributed by atoms with Crippen molar-refractivity contribution in [2.45, 2.75) is 5.75 Å². The maximum atomic E-state index is 13.3. The van der Waals surface area contributed by atoms with Gasteiger partial charge in [0.2, 0.25) is 11.8 Å². The fraction of sp³-hybridized carbons (Fsp3) is 0.105. The number of carbonyl (C=O) groups is 1. The predicted octanol–water partition coefficient (Wildman–Crippen LogP) is 2.91. The van der Waals surface area contributed by atoms with E-state index in [-0.39, 0.29) is 11.6 Å². The zero-order valence-corrected chi connectivity index (χ0v) is 15.2. The Hall–Kier alpha value is -3.51. The Balaban J connectivity index is 1.65. The first-order chi connectivity index (χ1) is 13.3. The van der Waals surface area contributed by atoms with Gasteiger partial charge in [-0.15, -0.1) is 0 Å². The van der Waals surface area contributed by atoms with Gasteiger partial charge in [-0.05, 0) is 36.4 Å². The molecule has 1 aromatic heterocycles. The Morgan fingerprint density at radius 1 is 1.21 bits per heavy atom. The van der Waals surface area contributed by atoms with Gasteiger partial charge in [-0.2, -0.15) is 5.26 Å². The molecule has 0 unspecified atom stereocenters. The Morgan fingerprint density at radius 3 is 2.75 bits per heavy atom. The summed E-state index contributed by atoms with van der Waals surface area (Å²) in [6, 6.07) is 13.6. The van der Waals surface area contributed by atoms with Crippen LogP contribution in [0.25, 0.3) is 11.5 Å². The molecule has 0 saturated carbocycles. The Morgan fingerprint density at radius 2 is 2.00 bits per heavy atom. The van der Waals surface area contributed by atoms with Crippen LogP contribution in [0.2, 0.25) is 0 Å². The highest BCUT2D eigenvalue weighted by molar-refractivity contribution is 7.91. The van der Waals surface area contributed by atoms with Gasteiger partial charge < -0.3 is 9.73 Å². The number of nitrogens with zero attached hydrogens (tertiary/aromatic N) is 2.